The molecule has 2 saturated carbocycles. The van der Waals surface area contributed by atoms with Crippen molar-refractivity contribution in [2.75, 3.05) is 0 Å². The van der Waals surface area contributed by atoms with Crippen molar-refractivity contribution in [1.29, 1.82) is 0 Å². The second kappa shape index (κ2) is 4.68. The summed E-state index contributed by atoms with van der Waals surface area (Å²) in [5.74, 6) is 1.92. The van der Waals surface area contributed by atoms with Crippen LogP contribution < -0.4 is 0 Å². The molecule has 0 amide bonds. The first-order chi connectivity index (χ1) is 6.36. The molecule has 0 bridgehead atoms. The van der Waals surface area contributed by atoms with Crippen LogP contribution in [-0.4, -0.2) is 5.38 Å². The van der Waals surface area contributed by atoms with Gasteiger partial charge >= 0.3 is 0 Å². The van der Waals surface area contributed by atoms with E-state index in [1.54, 1.807) is 0 Å². The first-order valence-electron chi connectivity index (χ1n) is 6.00. The van der Waals surface area contributed by atoms with E-state index in [9.17, 15) is 0 Å². The van der Waals surface area contributed by atoms with Gasteiger partial charge in [0.05, 0.1) is 0 Å². The fraction of sp³-hybridized carbons (Fsp3) is 1.00. The van der Waals surface area contributed by atoms with Gasteiger partial charge in [0.25, 0.3) is 0 Å². The molecule has 0 nitrogen and oxygen atoms in total. The summed E-state index contributed by atoms with van der Waals surface area (Å²) >= 11 is 6.26. The minimum absolute atomic E-state index is 0.515. The number of alkyl halides is 1. The molecular formula is C12H21Cl. The predicted octanol–water partition coefficient (Wildman–Crippen LogP) is 4.36. The maximum atomic E-state index is 6.26. The van der Waals surface area contributed by atoms with Gasteiger partial charge in [0.2, 0.25) is 0 Å². The SMILES string of the molecule is ClC1CCCC1CCC1CCCC1. The molecule has 13 heavy (non-hydrogen) atoms. The predicted molar refractivity (Wildman–Crippen MR) is 58.2 cm³/mol. The largest absolute Gasteiger partial charge is 0.123 e. The quantitative estimate of drug-likeness (QED) is 0.594. The van der Waals surface area contributed by atoms with Crippen molar-refractivity contribution in [1.82, 2.24) is 0 Å². The molecule has 0 heterocycles. The standard InChI is InChI=1S/C12H21Cl/c13-12-7-3-6-11(12)9-8-10-4-1-2-5-10/h10-12H,1-9H2. The molecular weight excluding hydrogens is 180 g/mol. The van der Waals surface area contributed by atoms with Crippen LogP contribution in [0.1, 0.15) is 57.8 Å². The maximum absolute atomic E-state index is 6.26. The molecule has 0 aromatic carbocycles. The lowest BCUT2D eigenvalue weighted by atomic mass is 9.94. The van der Waals surface area contributed by atoms with Gasteiger partial charge in [-0.2, -0.15) is 0 Å². The molecule has 0 aromatic heterocycles. The fourth-order valence-electron chi connectivity index (χ4n) is 3.07. The van der Waals surface area contributed by atoms with Crippen molar-refractivity contribution in [3.63, 3.8) is 0 Å². The molecule has 0 aliphatic heterocycles. The lowest BCUT2D eigenvalue weighted by Gasteiger charge is -2.16. The average molecular weight is 201 g/mol. The van der Waals surface area contributed by atoms with E-state index in [-0.39, 0.29) is 0 Å². The third-order valence-corrected chi connectivity index (χ3v) is 4.56. The number of hydrogen-bond donors (Lipinski definition) is 0. The van der Waals surface area contributed by atoms with Gasteiger partial charge in [-0.3, -0.25) is 0 Å². The Labute approximate surface area is 87.0 Å². The van der Waals surface area contributed by atoms with Crippen LogP contribution in [0.15, 0.2) is 0 Å². The average Bonchev–Trinajstić information content (AvgIpc) is 2.72. The van der Waals surface area contributed by atoms with E-state index in [0.29, 0.717) is 5.38 Å². The Balaban J connectivity index is 1.66. The summed E-state index contributed by atoms with van der Waals surface area (Å²) in [4.78, 5) is 0. The number of halogens is 1. The van der Waals surface area contributed by atoms with Crippen LogP contribution in [0.2, 0.25) is 0 Å². The summed E-state index contributed by atoms with van der Waals surface area (Å²) in [6, 6.07) is 0. The number of hydrogen-bond acceptors (Lipinski definition) is 0. The van der Waals surface area contributed by atoms with E-state index < -0.39 is 0 Å². The highest BCUT2D eigenvalue weighted by atomic mass is 35.5. The maximum Gasteiger partial charge on any atom is 0.0364 e. The molecule has 76 valence electrons. The van der Waals surface area contributed by atoms with E-state index >= 15 is 0 Å². The lowest BCUT2D eigenvalue weighted by Crippen LogP contribution is -2.08. The van der Waals surface area contributed by atoms with Crippen LogP contribution in [0.3, 0.4) is 0 Å². The summed E-state index contributed by atoms with van der Waals surface area (Å²) in [6.07, 6.45) is 12.9. The van der Waals surface area contributed by atoms with Crippen LogP contribution in [0, 0.1) is 11.8 Å². The van der Waals surface area contributed by atoms with Crippen LogP contribution >= 0.6 is 11.6 Å². The zero-order chi connectivity index (χ0) is 9.10. The summed E-state index contributed by atoms with van der Waals surface area (Å²) in [7, 11) is 0. The lowest BCUT2D eigenvalue weighted by molar-refractivity contribution is 0.405. The zero-order valence-electron chi connectivity index (χ0n) is 8.47. The van der Waals surface area contributed by atoms with Gasteiger partial charge in [0.15, 0.2) is 0 Å². The second-order valence-corrected chi connectivity index (χ2v) is 5.50. The Kier molecular flexibility index (Phi) is 3.54. The fourth-order valence-corrected chi connectivity index (χ4v) is 3.47. The zero-order valence-corrected chi connectivity index (χ0v) is 9.23. The van der Waals surface area contributed by atoms with Crippen LogP contribution in [0.5, 0.6) is 0 Å². The molecule has 0 N–H and O–H groups in total. The van der Waals surface area contributed by atoms with Gasteiger partial charge < -0.3 is 0 Å². The number of rotatable bonds is 3. The smallest absolute Gasteiger partial charge is 0.0364 e. The van der Waals surface area contributed by atoms with E-state index in [1.807, 2.05) is 0 Å². The third-order valence-electron chi connectivity index (χ3n) is 3.99. The van der Waals surface area contributed by atoms with Gasteiger partial charge in [0.1, 0.15) is 0 Å². The molecule has 2 fully saturated rings. The first kappa shape index (κ1) is 9.83. The Morgan fingerprint density at radius 1 is 0.846 bits per heavy atom. The first-order valence-corrected chi connectivity index (χ1v) is 6.44. The minimum Gasteiger partial charge on any atom is -0.123 e. The monoisotopic (exact) mass is 200 g/mol. The van der Waals surface area contributed by atoms with Gasteiger partial charge in [-0.25, -0.2) is 0 Å². The highest BCUT2D eigenvalue weighted by molar-refractivity contribution is 6.20. The molecule has 2 aliphatic rings. The van der Waals surface area contributed by atoms with Crippen LogP contribution in [-0.2, 0) is 0 Å². The molecule has 1 heteroatoms. The minimum atomic E-state index is 0.515. The van der Waals surface area contributed by atoms with Gasteiger partial charge in [-0.05, 0) is 31.1 Å². The molecule has 2 rings (SSSR count). The molecule has 2 atom stereocenters. The summed E-state index contributed by atoms with van der Waals surface area (Å²) in [5.41, 5.74) is 0. The topological polar surface area (TPSA) is 0 Å². The van der Waals surface area contributed by atoms with Crippen molar-refractivity contribution >= 4 is 11.6 Å². The van der Waals surface area contributed by atoms with Crippen molar-refractivity contribution in [2.45, 2.75) is 63.2 Å². The Bertz CT molecular complexity index is 149. The van der Waals surface area contributed by atoms with Crippen LogP contribution in [0.25, 0.3) is 0 Å². The second-order valence-electron chi connectivity index (χ2n) is 4.93. The third kappa shape index (κ3) is 2.62. The summed E-state index contributed by atoms with van der Waals surface area (Å²) < 4.78 is 0. The Morgan fingerprint density at radius 2 is 1.62 bits per heavy atom. The Morgan fingerprint density at radius 3 is 2.23 bits per heavy atom. The normalized spacial score (nSPS) is 35.8. The molecule has 0 radical (unpaired) electrons. The molecule has 2 aliphatic carbocycles. The van der Waals surface area contributed by atoms with Gasteiger partial charge in [-0.1, -0.05) is 38.5 Å². The summed E-state index contributed by atoms with van der Waals surface area (Å²) in [6.45, 7) is 0. The van der Waals surface area contributed by atoms with Crippen molar-refractivity contribution in [2.24, 2.45) is 11.8 Å². The van der Waals surface area contributed by atoms with E-state index in [1.165, 1.54) is 57.8 Å². The van der Waals surface area contributed by atoms with Crippen molar-refractivity contribution in [3.8, 4) is 0 Å². The van der Waals surface area contributed by atoms with Gasteiger partial charge in [0, 0.05) is 5.38 Å². The highest BCUT2D eigenvalue weighted by Gasteiger charge is 2.26. The Hall–Kier alpha value is 0.290. The molecule has 0 aromatic rings. The van der Waals surface area contributed by atoms with Crippen LogP contribution in [0.4, 0.5) is 0 Å². The van der Waals surface area contributed by atoms with Crippen molar-refractivity contribution in [3.05, 3.63) is 0 Å². The van der Waals surface area contributed by atoms with Crippen molar-refractivity contribution < 1.29 is 0 Å². The van der Waals surface area contributed by atoms with Gasteiger partial charge in [-0.15, -0.1) is 11.6 Å². The van der Waals surface area contributed by atoms with E-state index in [2.05, 4.69) is 0 Å². The summed E-state index contributed by atoms with van der Waals surface area (Å²) in [5, 5.41) is 0.515. The highest BCUT2D eigenvalue weighted by Crippen LogP contribution is 2.37. The molecule has 0 spiro atoms. The molecule has 0 saturated heterocycles. The molecule has 2 unspecified atom stereocenters. The van der Waals surface area contributed by atoms with E-state index in [0.717, 1.165) is 11.8 Å². The van der Waals surface area contributed by atoms with E-state index in [4.69, 9.17) is 11.6 Å².